The highest BCUT2D eigenvalue weighted by Crippen LogP contribution is 2.47. The average Bonchev–Trinajstić information content (AvgIpc) is 3.57. The summed E-state index contributed by atoms with van der Waals surface area (Å²) in [7, 11) is 1.94. The Morgan fingerprint density at radius 3 is 2.66 bits per heavy atom. The molecule has 182 valence electrons. The van der Waals surface area contributed by atoms with Gasteiger partial charge in [-0.1, -0.05) is 25.6 Å². The first-order valence-corrected chi connectivity index (χ1v) is 14.2. The smallest absolute Gasteiger partial charge is 0.271 e. The van der Waals surface area contributed by atoms with E-state index in [-0.39, 0.29) is 11.4 Å². The molecule has 1 aliphatic heterocycles. The molecule has 0 N–H and O–H groups in total. The van der Waals surface area contributed by atoms with Gasteiger partial charge in [0.15, 0.2) is 12.7 Å². The van der Waals surface area contributed by atoms with E-state index >= 15 is 0 Å². The molecule has 0 unspecified atom stereocenters. The average molecular weight is 527 g/mol. The van der Waals surface area contributed by atoms with Crippen LogP contribution in [0.25, 0.3) is 11.1 Å². The predicted molar refractivity (Wildman–Crippen MR) is 147 cm³/mol. The van der Waals surface area contributed by atoms with Crippen molar-refractivity contribution in [1.29, 1.82) is 0 Å². The Morgan fingerprint density at radius 1 is 1.14 bits per heavy atom. The molecule has 3 aromatic heterocycles. The van der Waals surface area contributed by atoms with Gasteiger partial charge < -0.3 is 4.90 Å². The number of fused-ring (bicyclic) bond motifs is 1. The summed E-state index contributed by atoms with van der Waals surface area (Å²) in [6.07, 6.45) is 4.15. The normalized spacial score (nSPS) is 14.7. The molecule has 0 amide bonds. The molecule has 0 bridgehead atoms. The van der Waals surface area contributed by atoms with E-state index < -0.39 is 0 Å². The van der Waals surface area contributed by atoms with Gasteiger partial charge >= 0.3 is 0 Å². The Morgan fingerprint density at radius 2 is 1.94 bits per heavy atom. The van der Waals surface area contributed by atoms with E-state index in [1.165, 1.54) is 34.7 Å². The number of rotatable bonds is 4. The number of benzene rings is 1. The lowest BCUT2D eigenvalue weighted by Gasteiger charge is -2.12. The Kier molecular flexibility index (Phi) is 7.94. The van der Waals surface area contributed by atoms with Crippen molar-refractivity contribution in [3.63, 3.8) is 0 Å². The minimum Gasteiger partial charge on any atom is -0.337 e. The van der Waals surface area contributed by atoms with Gasteiger partial charge in [0.05, 0.1) is 5.69 Å². The van der Waals surface area contributed by atoms with Gasteiger partial charge in [-0.05, 0) is 43.5 Å². The third-order valence-corrected chi connectivity index (χ3v) is 9.16. The fourth-order valence-corrected chi connectivity index (χ4v) is 7.17. The van der Waals surface area contributed by atoms with E-state index in [4.69, 9.17) is 0 Å². The predicted octanol–water partition coefficient (Wildman–Crippen LogP) is 4.94. The standard InChI is InChI=1S/C25H23FN3OS3.C2H6/c1-4-29-21(13-18-7-5-6-11-28(18)14-17-10-12-31-15-17)32-23(24(29)30)25-27(3)20-9-8-19(26)16(2)22(20)33-25;1-2/h5-13,15H,4,14H2,1-3H3;1-2H3/q+1;/b25-23+;. The van der Waals surface area contributed by atoms with Gasteiger partial charge in [-0.2, -0.15) is 15.9 Å². The third-order valence-electron chi connectivity index (χ3n) is 5.79. The van der Waals surface area contributed by atoms with E-state index in [2.05, 4.69) is 39.7 Å². The van der Waals surface area contributed by atoms with Gasteiger partial charge in [0.2, 0.25) is 5.69 Å². The van der Waals surface area contributed by atoms with Crippen LogP contribution >= 0.6 is 34.4 Å². The van der Waals surface area contributed by atoms with E-state index in [0.717, 1.165) is 32.5 Å². The molecule has 0 saturated heterocycles. The molecule has 8 heteroatoms. The highest BCUT2D eigenvalue weighted by atomic mass is 32.2. The second-order valence-electron chi connectivity index (χ2n) is 7.84. The fraction of sp³-hybridized carbons (Fsp3) is 0.259. The number of thioether (sulfide) groups is 1. The maximum absolute atomic E-state index is 14.1. The lowest BCUT2D eigenvalue weighted by atomic mass is 10.2. The van der Waals surface area contributed by atoms with Crippen molar-refractivity contribution in [1.82, 2.24) is 4.57 Å². The molecule has 0 fully saturated rings. The van der Waals surface area contributed by atoms with Gasteiger partial charge in [0.25, 0.3) is 5.56 Å². The third kappa shape index (κ3) is 4.87. The van der Waals surface area contributed by atoms with Gasteiger partial charge in [0.1, 0.15) is 20.0 Å². The second-order valence-corrected chi connectivity index (χ2v) is 10.6. The van der Waals surface area contributed by atoms with Crippen LogP contribution in [0.1, 0.15) is 37.6 Å². The molecular weight excluding hydrogens is 498 g/mol. The summed E-state index contributed by atoms with van der Waals surface area (Å²) in [5.41, 5.74) is 3.85. The Balaban J connectivity index is 0.00000141. The maximum atomic E-state index is 14.1. The van der Waals surface area contributed by atoms with Crippen LogP contribution in [0.3, 0.4) is 0 Å². The number of thiophene rings is 1. The van der Waals surface area contributed by atoms with E-state index in [1.807, 2.05) is 49.4 Å². The summed E-state index contributed by atoms with van der Waals surface area (Å²) < 4.78 is 19.7. The van der Waals surface area contributed by atoms with Gasteiger partial charge in [-0.15, -0.1) is 11.3 Å². The topological polar surface area (TPSA) is 29.1 Å². The minimum atomic E-state index is -0.221. The largest absolute Gasteiger partial charge is 0.337 e. The van der Waals surface area contributed by atoms with Crippen molar-refractivity contribution in [2.45, 2.75) is 45.7 Å². The molecule has 4 aromatic rings. The Labute approximate surface area is 217 Å². The SMILES string of the molecule is CC.CCn1c(=O)/c(=C2\Sc3c(ccc(F)c3C)N2C)s/c1=C\c1cccc[n+]1Cc1ccsc1. The minimum absolute atomic E-state index is 0.00523. The molecule has 0 atom stereocenters. The monoisotopic (exact) mass is 526 g/mol. The van der Waals surface area contributed by atoms with E-state index in [1.54, 1.807) is 24.3 Å². The number of halogens is 1. The van der Waals surface area contributed by atoms with Crippen LogP contribution in [-0.2, 0) is 13.1 Å². The lowest BCUT2D eigenvalue weighted by molar-refractivity contribution is -0.690. The number of anilines is 1. The summed E-state index contributed by atoms with van der Waals surface area (Å²) in [6.45, 7) is 9.14. The number of thiazole rings is 1. The summed E-state index contributed by atoms with van der Waals surface area (Å²) in [5, 5.41) is 5.09. The first-order chi connectivity index (χ1) is 17.0. The van der Waals surface area contributed by atoms with Crippen LogP contribution in [0.4, 0.5) is 10.1 Å². The van der Waals surface area contributed by atoms with Crippen LogP contribution in [-0.4, -0.2) is 11.6 Å². The van der Waals surface area contributed by atoms with Crippen molar-refractivity contribution < 1.29 is 8.96 Å². The number of hydrogen-bond donors (Lipinski definition) is 0. The van der Waals surface area contributed by atoms with Crippen LogP contribution < -0.4 is 24.2 Å². The van der Waals surface area contributed by atoms with E-state index in [0.29, 0.717) is 16.6 Å². The molecule has 5 rings (SSSR count). The van der Waals surface area contributed by atoms with E-state index in [9.17, 15) is 9.18 Å². The summed E-state index contributed by atoms with van der Waals surface area (Å²) in [6, 6.07) is 11.5. The van der Waals surface area contributed by atoms with Crippen molar-refractivity contribution in [3.05, 3.63) is 95.5 Å². The Bertz CT molecular complexity index is 1520. The summed E-state index contributed by atoms with van der Waals surface area (Å²) >= 11 is 4.66. The second kappa shape index (κ2) is 10.9. The number of pyridine rings is 1. The Hall–Kier alpha value is -2.68. The summed E-state index contributed by atoms with van der Waals surface area (Å²) in [4.78, 5) is 16.3. The molecule has 1 aliphatic rings. The van der Waals surface area contributed by atoms with Crippen LogP contribution in [0, 0.1) is 12.7 Å². The quantitative estimate of drug-likeness (QED) is 0.353. The van der Waals surface area contributed by atoms with Crippen molar-refractivity contribution in [2.24, 2.45) is 0 Å². The van der Waals surface area contributed by atoms with Crippen molar-refractivity contribution in [2.75, 3.05) is 11.9 Å². The molecule has 4 nitrogen and oxygen atoms in total. The van der Waals surface area contributed by atoms with Gasteiger partial charge in [-0.25, -0.2) is 4.39 Å². The molecule has 4 heterocycles. The van der Waals surface area contributed by atoms with Crippen molar-refractivity contribution >= 4 is 51.2 Å². The molecule has 0 radical (unpaired) electrons. The highest BCUT2D eigenvalue weighted by molar-refractivity contribution is 8.08. The molecule has 35 heavy (non-hydrogen) atoms. The molecule has 1 aromatic carbocycles. The number of aromatic nitrogens is 2. The first kappa shape index (κ1) is 25.4. The maximum Gasteiger partial charge on any atom is 0.271 e. The zero-order valence-corrected chi connectivity index (χ0v) is 23.0. The van der Waals surface area contributed by atoms with Crippen LogP contribution in [0.5, 0.6) is 0 Å². The highest BCUT2D eigenvalue weighted by Gasteiger charge is 2.27. The molecular formula is C27H29FN3OS3+. The number of nitrogens with zero attached hydrogens (tertiary/aromatic N) is 3. The fourth-order valence-electron chi connectivity index (χ4n) is 3.96. The zero-order chi connectivity index (χ0) is 25.1. The summed E-state index contributed by atoms with van der Waals surface area (Å²) in [5.74, 6) is -0.221. The lowest BCUT2D eigenvalue weighted by Crippen LogP contribution is -2.38. The number of hydrogen-bond acceptors (Lipinski definition) is 5. The van der Waals surface area contributed by atoms with Crippen LogP contribution in [0.15, 0.2) is 63.0 Å². The molecule has 0 spiro atoms. The molecule has 0 saturated carbocycles. The molecule has 0 aliphatic carbocycles. The van der Waals surface area contributed by atoms with Crippen LogP contribution in [0.2, 0.25) is 0 Å². The van der Waals surface area contributed by atoms with Gasteiger partial charge in [-0.3, -0.25) is 9.36 Å². The first-order valence-electron chi connectivity index (χ1n) is 11.6. The van der Waals surface area contributed by atoms with Crippen molar-refractivity contribution in [3.8, 4) is 0 Å². The van der Waals surface area contributed by atoms with Gasteiger partial charge in [0, 0.05) is 53.2 Å². The zero-order valence-electron chi connectivity index (χ0n) is 20.5.